The van der Waals surface area contributed by atoms with E-state index in [4.69, 9.17) is 9.47 Å². The van der Waals surface area contributed by atoms with E-state index >= 15 is 0 Å². The Morgan fingerprint density at radius 1 is 1.11 bits per heavy atom. The molecule has 1 saturated heterocycles. The van der Waals surface area contributed by atoms with Crippen molar-refractivity contribution >= 4 is 16.7 Å². The van der Waals surface area contributed by atoms with Crippen molar-refractivity contribution in [3.8, 4) is 5.75 Å². The molecule has 5 heteroatoms. The highest BCUT2D eigenvalue weighted by molar-refractivity contribution is 5.98. The standard InChI is InChI=1S/C31H36N2O3/c1-4-15-33-16-14-31(25-10-7-11-27(18-25)35-2)20-26(19-29(36-3)28(31)21-33)32-30(34)24-13-12-22-8-5-6-9-23(22)17-24/h4-13,17-18,26,28-29H,1,14-16,19-21H2,2-3H3,(H,32,34). The zero-order valence-corrected chi connectivity index (χ0v) is 21.3. The Bertz CT molecular complexity index is 1240. The lowest BCUT2D eigenvalue weighted by molar-refractivity contribution is -0.0653. The fourth-order valence-corrected chi connectivity index (χ4v) is 6.51. The first-order chi connectivity index (χ1) is 17.6. The summed E-state index contributed by atoms with van der Waals surface area (Å²) in [4.78, 5) is 15.9. The van der Waals surface area contributed by atoms with Gasteiger partial charge < -0.3 is 14.8 Å². The number of hydrogen-bond donors (Lipinski definition) is 1. The average molecular weight is 485 g/mol. The number of fused-ring (bicyclic) bond motifs is 2. The Morgan fingerprint density at radius 2 is 1.94 bits per heavy atom. The van der Waals surface area contributed by atoms with Crippen molar-refractivity contribution in [1.82, 2.24) is 10.2 Å². The van der Waals surface area contributed by atoms with Gasteiger partial charge in [-0.05, 0) is 66.4 Å². The number of nitrogens with one attached hydrogen (secondary N) is 1. The number of methoxy groups -OCH3 is 2. The van der Waals surface area contributed by atoms with Gasteiger partial charge in [0.2, 0.25) is 0 Å². The maximum absolute atomic E-state index is 13.4. The van der Waals surface area contributed by atoms with Crippen LogP contribution in [0.4, 0.5) is 0 Å². The van der Waals surface area contributed by atoms with Crippen LogP contribution in [0.5, 0.6) is 5.75 Å². The summed E-state index contributed by atoms with van der Waals surface area (Å²) in [5, 5.41) is 5.59. The van der Waals surface area contributed by atoms with E-state index in [0.29, 0.717) is 11.5 Å². The van der Waals surface area contributed by atoms with Gasteiger partial charge in [-0.2, -0.15) is 0 Å². The first-order valence-electron chi connectivity index (χ1n) is 12.9. The van der Waals surface area contributed by atoms with E-state index < -0.39 is 0 Å². The molecule has 2 aliphatic rings. The molecule has 1 saturated carbocycles. The molecule has 188 valence electrons. The van der Waals surface area contributed by atoms with Crippen molar-refractivity contribution in [1.29, 1.82) is 0 Å². The molecule has 5 rings (SSSR count). The van der Waals surface area contributed by atoms with Crippen LogP contribution in [0.25, 0.3) is 10.8 Å². The maximum Gasteiger partial charge on any atom is 0.251 e. The number of amides is 1. The summed E-state index contributed by atoms with van der Waals surface area (Å²) in [6.45, 7) is 6.77. The average Bonchev–Trinajstić information content (AvgIpc) is 2.92. The lowest BCUT2D eigenvalue weighted by Gasteiger charge is -2.55. The summed E-state index contributed by atoms with van der Waals surface area (Å²) in [5.74, 6) is 1.16. The first-order valence-corrected chi connectivity index (χ1v) is 12.9. The second-order valence-electron chi connectivity index (χ2n) is 10.2. The molecule has 3 aromatic rings. The van der Waals surface area contributed by atoms with Crippen molar-refractivity contribution < 1.29 is 14.3 Å². The van der Waals surface area contributed by atoms with Crippen molar-refractivity contribution in [3.63, 3.8) is 0 Å². The second kappa shape index (κ2) is 10.5. The number of piperidine rings is 1. The summed E-state index contributed by atoms with van der Waals surface area (Å²) < 4.78 is 11.7. The molecule has 5 nitrogen and oxygen atoms in total. The number of benzene rings is 3. The van der Waals surface area contributed by atoms with Crippen LogP contribution in [0.3, 0.4) is 0 Å². The summed E-state index contributed by atoms with van der Waals surface area (Å²) in [5.41, 5.74) is 1.87. The lowest BCUT2D eigenvalue weighted by atomic mass is 9.57. The Morgan fingerprint density at radius 3 is 2.72 bits per heavy atom. The molecule has 0 bridgehead atoms. The fourth-order valence-electron chi connectivity index (χ4n) is 6.51. The largest absolute Gasteiger partial charge is 0.497 e. The molecular weight excluding hydrogens is 448 g/mol. The quantitative estimate of drug-likeness (QED) is 0.468. The van der Waals surface area contributed by atoms with Crippen LogP contribution in [0.1, 0.15) is 35.2 Å². The highest BCUT2D eigenvalue weighted by Gasteiger charge is 2.52. The lowest BCUT2D eigenvalue weighted by Crippen LogP contribution is -2.61. The molecule has 36 heavy (non-hydrogen) atoms. The Kier molecular flexibility index (Phi) is 7.13. The third kappa shape index (κ3) is 4.65. The second-order valence-corrected chi connectivity index (χ2v) is 10.2. The summed E-state index contributed by atoms with van der Waals surface area (Å²) in [6.07, 6.45) is 4.70. The van der Waals surface area contributed by atoms with Crippen LogP contribution in [0.2, 0.25) is 0 Å². The van der Waals surface area contributed by atoms with Crippen LogP contribution < -0.4 is 10.1 Å². The number of nitrogens with zero attached hydrogens (tertiary/aromatic N) is 1. The molecule has 0 aromatic heterocycles. The van der Waals surface area contributed by atoms with Crippen LogP contribution in [-0.2, 0) is 10.2 Å². The van der Waals surface area contributed by atoms with Crippen LogP contribution >= 0.6 is 0 Å². The molecule has 4 unspecified atom stereocenters. The molecule has 2 fully saturated rings. The van der Waals surface area contributed by atoms with Gasteiger partial charge in [0, 0.05) is 43.1 Å². The molecule has 0 radical (unpaired) electrons. The van der Waals surface area contributed by atoms with Gasteiger partial charge in [0.05, 0.1) is 13.2 Å². The molecule has 1 N–H and O–H groups in total. The Labute approximate surface area is 214 Å². The van der Waals surface area contributed by atoms with E-state index in [1.807, 2.05) is 48.5 Å². The highest BCUT2D eigenvalue weighted by atomic mass is 16.5. The van der Waals surface area contributed by atoms with Crippen LogP contribution in [-0.4, -0.2) is 56.8 Å². The topological polar surface area (TPSA) is 50.8 Å². The van der Waals surface area contributed by atoms with E-state index in [1.54, 1.807) is 14.2 Å². The molecule has 3 aromatic carbocycles. The van der Waals surface area contributed by atoms with Gasteiger partial charge in [-0.15, -0.1) is 6.58 Å². The number of likely N-dealkylation sites (tertiary alicyclic amines) is 1. The number of carbonyl (C=O) groups is 1. The van der Waals surface area contributed by atoms with Gasteiger partial charge in [0.1, 0.15) is 5.75 Å². The Hall–Kier alpha value is -3.15. The molecule has 0 spiro atoms. The molecule has 1 aliphatic carbocycles. The first kappa shape index (κ1) is 24.5. The number of hydrogen-bond acceptors (Lipinski definition) is 4. The molecule has 1 heterocycles. The predicted octanol–water partition coefficient (Wildman–Crippen LogP) is 5.20. The molecule has 1 aliphatic heterocycles. The minimum Gasteiger partial charge on any atom is -0.497 e. The maximum atomic E-state index is 13.4. The molecular formula is C31H36N2O3. The predicted molar refractivity (Wildman–Crippen MR) is 145 cm³/mol. The molecule has 1 amide bonds. The van der Waals surface area contributed by atoms with Crippen molar-refractivity contribution in [2.75, 3.05) is 33.9 Å². The fraction of sp³-hybridized carbons (Fsp3) is 0.387. The Balaban J connectivity index is 1.46. The van der Waals surface area contributed by atoms with E-state index in [1.165, 1.54) is 5.56 Å². The van der Waals surface area contributed by atoms with Gasteiger partial charge in [0.15, 0.2) is 0 Å². The van der Waals surface area contributed by atoms with Gasteiger partial charge in [-0.1, -0.05) is 48.5 Å². The third-order valence-electron chi connectivity index (χ3n) is 8.30. The van der Waals surface area contributed by atoms with E-state index in [0.717, 1.165) is 55.4 Å². The zero-order chi connectivity index (χ0) is 25.1. The number of carbonyl (C=O) groups excluding carboxylic acids is 1. The summed E-state index contributed by atoms with van der Waals surface area (Å²) >= 11 is 0. The minimum atomic E-state index is -0.105. The summed E-state index contributed by atoms with van der Waals surface area (Å²) in [6, 6.07) is 22.6. The third-order valence-corrected chi connectivity index (χ3v) is 8.30. The zero-order valence-electron chi connectivity index (χ0n) is 21.3. The van der Waals surface area contributed by atoms with E-state index in [2.05, 4.69) is 41.1 Å². The summed E-state index contributed by atoms with van der Waals surface area (Å²) in [7, 11) is 3.52. The normalized spacial score (nSPS) is 26.2. The SMILES string of the molecule is C=CCN1CCC2(c3cccc(OC)c3)CC(NC(=O)c3ccc4ccccc4c3)CC(OC)C2C1. The smallest absolute Gasteiger partial charge is 0.251 e. The van der Waals surface area contributed by atoms with Crippen LogP contribution in [0, 0.1) is 5.92 Å². The van der Waals surface area contributed by atoms with Crippen LogP contribution in [0.15, 0.2) is 79.4 Å². The van der Waals surface area contributed by atoms with Gasteiger partial charge in [-0.3, -0.25) is 9.69 Å². The minimum absolute atomic E-state index is 0.0160. The van der Waals surface area contributed by atoms with Gasteiger partial charge >= 0.3 is 0 Å². The molecule has 4 atom stereocenters. The van der Waals surface area contributed by atoms with E-state index in [9.17, 15) is 4.79 Å². The number of ether oxygens (including phenoxy) is 2. The van der Waals surface area contributed by atoms with Gasteiger partial charge in [-0.25, -0.2) is 0 Å². The van der Waals surface area contributed by atoms with Crippen molar-refractivity contribution in [2.24, 2.45) is 5.92 Å². The highest BCUT2D eigenvalue weighted by Crippen LogP contribution is 2.50. The van der Waals surface area contributed by atoms with Crippen molar-refractivity contribution in [3.05, 3.63) is 90.5 Å². The van der Waals surface area contributed by atoms with Gasteiger partial charge in [0.25, 0.3) is 5.91 Å². The van der Waals surface area contributed by atoms with Crippen molar-refractivity contribution in [2.45, 2.75) is 36.8 Å². The number of rotatable bonds is 7. The van der Waals surface area contributed by atoms with E-state index in [-0.39, 0.29) is 23.5 Å². The monoisotopic (exact) mass is 484 g/mol.